The maximum absolute atomic E-state index is 14.9. The van der Waals surface area contributed by atoms with Crippen molar-refractivity contribution in [1.82, 2.24) is 10.2 Å². The summed E-state index contributed by atoms with van der Waals surface area (Å²) in [7, 11) is 0. The molecule has 4 rings (SSSR count). The Morgan fingerprint density at radius 3 is 2.45 bits per heavy atom. The highest BCUT2D eigenvalue weighted by Crippen LogP contribution is 2.28. The van der Waals surface area contributed by atoms with Crippen LogP contribution in [0.5, 0.6) is 0 Å². The predicted octanol–water partition coefficient (Wildman–Crippen LogP) is 3.41. The van der Waals surface area contributed by atoms with E-state index in [1.54, 1.807) is 41.3 Å². The number of carbonyl (C=O) groups is 3. The van der Waals surface area contributed by atoms with Crippen LogP contribution in [-0.4, -0.2) is 67.5 Å². The molecule has 0 radical (unpaired) electrons. The van der Waals surface area contributed by atoms with Gasteiger partial charge in [-0.15, -0.1) is 0 Å². The zero-order valence-corrected chi connectivity index (χ0v) is 19.2. The van der Waals surface area contributed by atoms with E-state index in [-0.39, 0.29) is 19.0 Å². The number of thiol groups is 1. The van der Waals surface area contributed by atoms with Crippen LogP contribution in [-0.2, 0) is 4.74 Å². The van der Waals surface area contributed by atoms with Crippen molar-refractivity contribution in [1.29, 1.82) is 0 Å². The number of amides is 3. The molecule has 174 valence electrons. The first-order chi connectivity index (χ1) is 15.8. The van der Waals surface area contributed by atoms with Crippen molar-refractivity contribution < 1.29 is 23.5 Å². The number of anilines is 2. The second-order valence-electron chi connectivity index (χ2n) is 7.72. The van der Waals surface area contributed by atoms with E-state index in [4.69, 9.17) is 16.3 Å². The highest BCUT2D eigenvalue weighted by atomic mass is 35.5. The average Bonchev–Trinajstić information content (AvgIpc) is 3.18. The van der Waals surface area contributed by atoms with Gasteiger partial charge in [-0.2, -0.15) is 0 Å². The summed E-state index contributed by atoms with van der Waals surface area (Å²) >= 11 is 9.50. The summed E-state index contributed by atoms with van der Waals surface area (Å²) in [6.45, 7) is 2.19. The molecular weight excluding hydrogens is 471 g/mol. The van der Waals surface area contributed by atoms with Crippen molar-refractivity contribution in [2.24, 2.45) is 0 Å². The van der Waals surface area contributed by atoms with Crippen molar-refractivity contribution in [2.45, 2.75) is 6.10 Å². The molecule has 1 N–H and O–H groups in total. The van der Waals surface area contributed by atoms with Crippen LogP contribution in [0.4, 0.5) is 25.4 Å². The van der Waals surface area contributed by atoms with Gasteiger partial charge in [0, 0.05) is 36.8 Å². The Morgan fingerprint density at radius 2 is 1.82 bits per heavy atom. The predicted molar refractivity (Wildman–Crippen MR) is 126 cm³/mol. The molecule has 2 saturated heterocycles. The van der Waals surface area contributed by atoms with Crippen molar-refractivity contribution in [3.63, 3.8) is 0 Å². The minimum absolute atomic E-state index is 0.0849. The van der Waals surface area contributed by atoms with E-state index < -0.39 is 23.3 Å². The van der Waals surface area contributed by atoms with Gasteiger partial charge in [0.15, 0.2) is 0 Å². The van der Waals surface area contributed by atoms with Crippen molar-refractivity contribution >= 4 is 52.8 Å². The van der Waals surface area contributed by atoms with Crippen molar-refractivity contribution in [3.8, 4) is 0 Å². The molecule has 1 atom stereocenters. The lowest BCUT2D eigenvalue weighted by Crippen LogP contribution is -2.49. The monoisotopic (exact) mass is 492 g/mol. The van der Waals surface area contributed by atoms with Gasteiger partial charge < -0.3 is 19.9 Å². The van der Waals surface area contributed by atoms with Gasteiger partial charge in [0.05, 0.1) is 24.5 Å². The van der Waals surface area contributed by atoms with Crippen LogP contribution in [0.3, 0.4) is 0 Å². The van der Waals surface area contributed by atoms with Crippen LogP contribution in [0, 0.1) is 5.82 Å². The number of carbonyl (C=O) groups excluding carboxylic acids is 3. The van der Waals surface area contributed by atoms with E-state index >= 15 is 0 Å². The average molecular weight is 493 g/mol. The highest BCUT2D eigenvalue weighted by molar-refractivity contribution is 7.96. The smallest absolute Gasteiger partial charge is 0.414 e. The summed E-state index contributed by atoms with van der Waals surface area (Å²) in [6.07, 6.45) is -1.14. The van der Waals surface area contributed by atoms with E-state index in [1.807, 2.05) is 4.90 Å². The first kappa shape index (κ1) is 23.2. The largest absolute Gasteiger partial charge is 0.442 e. The molecule has 3 amide bonds. The Labute approximate surface area is 200 Å². The summed E-state index contributed by atoms with van der Waals surface area (Å²) in [6, 6.07) is 11.3. The molecular formula is C22H22ClFN4O4S. The van der Waals surface area contributed by atoms with Gasteiger partial charge in [-0.25, -0.2) is 9.18 Å². The molecule has 33 heavy (non-hydrogen) atoms. The number of hydrogen-bond donors (Lipinski definition) is 2. The number of cyclic esters (lactones) is 1. The molecule has 2 aromatic carbocycles. The van der Waals surface area contributed by atoms with Crippen molar-refractivity contribution in [3.05, 3.63) is 58.9 Å². The normalized spacial score (nSPS) is 18.3. The van der Waals surface area contributed by atoms with Gasteiger partial charge in [-0.3, -0.25) is 14.5 Å². The molecule has 1 unspecified atom stereocenters. The van der Waals surface area contributed by atoms with Crippen LogP contribution < -0.4 is 15.1 Å². The van der Waals surface area contributed by atoms with E-state index in [0.29, 0.717) is 48.1 Å². The molecule has 2 aliphatic heterocycles. The fraction of sp³-hybridized carbons (Fsp3) is 0.318. The number of nitrogens with zero attached hydrogens (tertiary/aromatic N) is 3. The Bertz CT molecular complexity index is 1060. The number of benzene rings is 2. The molecule has 11 heteroatoms. The minimum Gasteiger partial charge on any atom is -0.442 e. The maximum Gasteiger partial charge on any atom is 0.414 e. The van der Waals surface area contributed by atoms with Gasteiger partial charge in [-0.05, 0) is 42.5 Å². The minimum atomic E-state index is -0.602. The third-order valence-electron chi connectivity index (χ3n) is 5.60. The number of halogens is 2. The van der Waals surface area contributed by atoms with Gasteiger partial charge in [-0.1, -0.05) is 24.2 Å². The lowest BCUT2D eigenvalue weighted by Gasteiger charge is -2.36. The van der Waals surface area contributed by atoms with Crippen LogP contribution >= 0.6 is 24.2 Å². The van der Waals surface area contributed by atoms with Crippen LogP contribution in [0.2, 0.25) is 5.02 Å². The molecule has 0 bridgehead atoms. The maximum atomic E-state index is 14.9. The van der Waals surface area contributed by atoms with Crippen LogP contribution in [0.1, 0.15) is 10.4 Å². The fourth-order valence-corrected chi connectivity index (χ4v) is 4.10. The van der Waals surface area contributed by atoms with E-state index in [0.717, 1.165) is 0 Å². The van der Waals surface area contributed by atoms with Crippen molar-refractivity contribution in [2.75, 3.05) is 49.1 Å². The summed E-state index contributed by atoms with van der Waals surface area (Å²) < 4.78 is 20.1. The van der Waals surface area contributed by atoms with E-state index in [2.05, 4.69) is 17.9 Å². The summed E-state index contributed by atoms with van der Waals surface area (Å²) in [5.74, 6) is -0.553. The lowest BCUT2D eigenvalue weighted by molar-refractivity contribution is 0.0746. The second kappa shape index (κ2) is 9.88. The van der Waals surface area contributed by atoms with E-state index in [1.165, 1.54) is 11.0 Å². The standard InChI is InChI=1S/C22H22ClFN4O4S/c23-15-3-1-14(2-4-15)20(29)27-9-7-26(8-10-27)19-6-5-16(11-18(19)24)28-13-17(32-22(28)31)12-25-21(30)33/h1-6,11,17H,7-10,12-13H2,(H2,25,30,33). The van der Waals surface area contributed by atoms with Gasteiger partial charge in [0.25, 0.3) is 11.1 Å². The molecule has 2 aliphatic rings. The molecule has 0 saturated carbocycles. The Morgan fingerprint density at radius 1 is 1.12 bits per heavy atom. The number of nitrogens with one attached hydrogen (secondary N) is 1. The molecule has 8 nitrogen and oxygen atoms in total. The third kappa shape index (κ3) is 5.33. The SMILES string of the molecule is O=C(S)NCC1CN(c2ccc(N3CCN(C(=O)c4ccc(Cl)cc4)CC3)c(F)c2)C(=O)O1. The topological polar surface area (TPSA) is 82.2 Å². The zero-order chi connectivity index (χ0) is 23.5. The molecule has 0 aromatic heterocycles. The molecule has 2 aromatic rings. The second-order valence-corrected chi connectivity index (χ2v) is 8.57. The molecule has 2 heterocycles. The zero-order valence-electron chi connectivity index (χ0n) is 17.5. The summed E-state index contributed by atoms with van der Waals surface area (Å²) in [5, 5.41) is 2.52. The van der Waals surface area contributed by atoms with Crippen LogP contribution in [0.25, 0.3) is 0 Å². The Hall–Kier alpha value is -2.98. The number of hydrogen-bond acceptors (Lipinski definition) is 5. The highest BCUT2D eigenvalue weighted by Gasteiger charge is 2.33. The van der Waals surface area contributed by atoms with E-state index in [9.17, 15) is 18.8 Å². The molecule has 0 aliphatic carbocycles. The summed E-state index contributed by atoms with van der Waals surface area (Å²) in [4.78, 5) is 40.7. The van der Waals surface area contributed by atoms with Gasteiger partial charge in [0.2, 0.25) is 0 Å². The quantitative estimate of drug-likeness (QED) is 0.625. The fourth-order valence-electron chi connectivity index (χ4n) is 3.89. The first-order valence-electron chi connectivity index (χ1n) is 10.4. The van der Waals surface area contributed by atoms with Crippen LogP contribution in [0.15, 0.2) is 42.5 Å². The molecule has 2 fully saturated rings. The Kier molecular flexibility index (Phi) is 6.94. The van der Waals surface area contributed by atoms with Gasteiger partial charge in [0.1, 0.15) is 11.9 Å². The van der Waals surface area contributed by atoms with Gasteiger partial charge >= 0.3 is 6.09 Å². The number of piperazine rings is 1. The Balaban J connectivity index is 1.37. The number of ether oxygens (including phenoxy) is 1. The molecule has 0 spiro atoms. The lowest BCUT2D eigenvalue weighted by atomic mass is 10.1. The number of rotatable bonds is 5. The first-order valence-corrected chi connectivity index (χ1v) is 11.2. The third-order valence-corrected chi connectivity index (χ3v) is 6.01. The summed E-state index contributed by atoms with van der Waals surface area (Å²) in [5.41, 5.74) is 1.34.